The molecule has 3 fully saturated rings. The molecule has 3 saturated heterocycles. The zero-order valence-corrected chi connectivity index (χ0v) is 22.5. The summed E-state index contributed by atoms with van der Waals surface area (Å²) in [7, 11) is 0. The molecule has 0 saturated carbocycles. The molecule has 0 spiro atoms. The number of allylic oxidation sites excluding steroid dienone is 1. The summed E-state index contributed by atoms with van der Waals surface area (Å²) >= 11 is 0. The molecule has 1 aliphatic carbocycles. The molecule has 0 radical (unpaired) electrons. The quantitative estimate of drug-likeness (QED) is 0.520. The number of rotatable bonds is 5. The van der Waals surface area contributed by atoms with Gasteiger partial charge in [-0.15, -0.1) is 0 Å². The molecule has 0 aromatic heterocycles. The highest BCUT2D eigenvalue weighted by Gasteiger charge is 2.53. The van der Waals surface area contributed by atoms with E-state index in [0.717, 1.165) is 0 Å². The molecule has 10 heteroatoms. The van der Waals surface area contributed by atoms with E-state index >= 15 is 0 Å². The van der Waals surface area contributed by atoms with Gasteiger partial charge in [-0.2, -0.15) is 0 Å². The fraction of sp³-hybridized carbons (Fsp3) is 0.815. The summed E-state index contributed by atoms with van der Waals surface area (Å²) in [6.45, 7) is 12.2. The lowest BCUT2D eigenvalue weighted by molar-refractivity contribution is -0.165. The molecule has 4 rings (SSSR count). The van der Waals surface area contributed by atoms with E-state index in [1.54, 1.807) is 33.8 Å². The van der Waals surface area contributed by atoms with Crippen LogP contribution < -0.4 is 0 Å². The van der Waals surface area contributed by atoms with Crippen LogP contribution in [-0.2, 0) is 33.3 Å². The number of Topliss-reactive ketones (excluding diaryl/α,β-unsaturated/α-hetero) is 1. The average Bonchev–Trinajstić information content (AvgIpc) is 3.16. The van der Waals surface area contributed by atoms with Crippen molar-refractivity contribution in [2.24, 2.45) is 17.8 Å². The van der Waals surface area contributed by atoms with Crippen molar-refractivity contribution in [1.82, 2.24) is 9.80 Å². The van der Waals surface area contributed by atoms with E-state index in [-0.39, 0.29) is 36.5 Å². The summed E-state index contributed by atoms with van der Waals surface area (Å²) in [4.78, 5) is 43.7. The van der Waals surface area contributed by atoms with Crippen LogP contribution in [0.25, 0.3) is 0 Å². The van der Waals surface area contributed by atoms with E-state index in [9.17, 15) is 19.5 Å². The Morgan fingerprint density at radius 2 is 1.76 bits per heavy atom. The Morgan fingerprint density at radius 1 is 1.14 bits per heavy atom. The van der Waals surface area contributed by atoms with E-state index in [1.807, 2.05) is 0 Å². The first kappa shape index (κ1) is 28.2. The minimum Gasteiger partial charge on any atom is -0.462 e. The number of morpholine rings is 2. The Morgan fingerprint density at radius 3 is 2.38 bits per heavy atom. The number of carbonyl (C=O) groups excluding carboxylic acids is 3. The molecular formula is C27H42N2O8. The number of hydrogen-bond donors (Lipinski definition) is 1. The largest absolute Gasteiger partial charge is 0.462 e. The number of fused-ring (bicyclic) bond motifs is 1. The number of aliphatic hydroxyl groups is 1. The van der Waals surface area contributed by atoms with E-state index in [1.165, 1.54) is 0 Å². The van der Waals surface area contributed by atoms with Crippen molar-refractivity contribution in [3.05, 3.63) is 11.6 Å². The molecule has 37 heavy (non-hydrogen) atoms. The second-order valence-electron chi connectivity index (χ2n) is 11.3. The van der Waals surface area contributed by atoms with Crippen LogP contribution in [0.1, 0.15) is 40.5 Å². The fourth-order valence-electron chi connectivity index (χ4n) is 5.95. The molecule has 3 aliphatic heterocycles. The third-order valence-corrected chi connectivity index (χ3v) is 8.18. The van der Waals surface area contributed by atoms with Crippen molar-refractivity contribution < 1.29 is 38.4 Å². The average molecular weight is 523 g/mol. The SMILES string of the molecule is C/C1=C/[C@H]2OC(=O)C(CN3CCOCC3)[C@@H]2[C@H](OC(=O)C(C)C)C[C@@](C)(O)C(N2CCOCC2)CC1=O. The zero-order valence-electron chi connectivity index (χ0n) is 22.5. The summed E-state index contributed by atoms with van der Waals surface area (Å²) in [5.41, 5.74) is -0.883. The lowest BCUT2D eigenvalue weighted by Crippen LogP contribution is -2.58. The number of ether oxygens (including phenoxy) is 4. The van der Waals surface area contributed by atoms with Crippen molar-refractivity contribution in [1.29, 1.82) is 0 Å². The smallest absolute Gasteiger partial charge is 0.311 e. The topological polar surface area (TPSA) is 115 Å². The molecule has 6 atom stereocenters. The van der Waals surface area contributed by atoms with Crippen molar-refractivity contribution in [2.45, 2.75) is 64.4 Å². The summed E-state index contributed by atoms with van der Waals surface area (Å²) in [6.07, 6.45) is 0.432. The highest BCUT2D eigenvalue weighted by Crippen LogP contribution is 2.40. The standard InChI is InChI=1S/C27H42N2O8/c1-17(2)25(31)37-22-15-27(4,33)23(29-7-11-35-12-8-29)14-20(30)18(3)13-21-24(22)19(26(32)36-21)16-28-5-9-34-10-6-28/h13,17,19,21-24,33H,5-12,14-16H2,1-4H3/b18-13-/t19?,21-,22-,23?,24+,27-/m1/s1. The Kier molecular flexibility index (Phi) is 9.06. The van der Waals surface area contributed by atoms with Gasteiger partial charge >= 0.3 is 11.9 Å². The van der Waals surface area contributed by atoms with Gasteiger partial charge in [0.25, 0.3) is 0 Å². The van der Waals surface area contributed by atoms with Crippen molar-refractivity contribution in [3.8, 4) is 0 Å². The molecule has 10 nitrogen and oxygen atoms in total. The Labute approximate surface area is 219 Å². The Hall–Kier alpha value is -1.85. The van der Waals surface area contributed by atoms with Crippen LogP contribution >= 0.6 is 0 Å². The summed E-state index contributed by atoms with van der Waals surface area (Å²) < 4.78 is 22.9. The lowest BCUT2D eigenvalue weighted by atomic mass is 9.75. The fourth-order valence-corrected chi connectivity index (χ4v) is 5.95. The van der Waals surface area contributed by atoms with Gasteiger partial charge in [-0.05, 0) is 25.5 Å². The maximum atomic E-state index is 13.3. The second kappa shape index (κ2) is 11.9. The number of hydrogen-bond acceptors (Lipinski definition) is 10. The second-order valence-corrected chi connectivity index (χ2v) is 11.3. The number of nitrogens with zero attached hydrogens (tertiary/aromatic N) is 2. The number of esters is 2. The maximum absolute atomic E-state index is 13.3. The van der Waals surface area contributed by atoms with E-state index in [0.29, 0.717) is 64.7 Å². The maximum Gasteiger partial charge on any atom is 0.311 e. The first-order chi connectivity index (χ1) is 17.6. The highest BCUT2D eigenvalue weighted by molar-refractivity contribution is 5.95. The van der Waals surface area contributed by atoms with E-state index in [4.69, 9.17) is 18.9 Å². The van der Waals surface area contributed by atoms with E-state index in [2.05, 4.69) is 9.80 Å². The molecule has 208 valence electrons. The van der Waals surface area contributed by atoms with Crippen LogP contribution in [0, 0.1) is 17.8 Å². The van der Waals surface area contributed by atoms with Crippen molar-refractivity contribution in [3.63, 3.8) is 0 Å². The van der Waals surface area contributed by atoms with Gasteiger partial charge < -0.3 is 24.1 Å². The monoisotopic (exact) mass is 522 g/mol. The van der Waals surface area contributed by atoms with Gasteiger partial charge in [0.1, 0.15) is 12.2 Å². The molecule has 0 aromatic carbocycles. The molecule has 4 aliphatic rings. The first-order valence-electron chi connectivity index (χ1n) is 13.5. The molecule has 3 heterocycles. The van der Waals surface area contributed by atoms with Gasteiger partial charge in [-0.3, -0.25) is 24.2 Å². The number of carbonyl (C=O) groups is 3. The minimum atomic E-state index is -1.37. The highest BCUT2D eigenvalue weighted by atomic mass is 16.6. The van der Waals surface area contributed by atoms with Crippen LogP contribution in [0.5, 0.6) is 0 Å². The predicted octanol–water partition coefficient (Wildman–Crippen LogP) is 0.805. The molecule has 0 aromatic rings. The van der Waals surface area contributed by atoms with Gasteiger partial charge in [0.15, 0.2) is 5.78 Å². The summed E-state index contributed by atoms with van der Waals surface area (Å²) in [5.74, 6) is -2.32. The Bertz CT molecular complexity index is 876. The van der Waals surface area contributed by atoms with Crippen LogP contribution in [0.4, 0.5) is 0 Å². The lowest BCUT2D eigenvalue weighted by Gasteiger charge is -2.45. The third kappa shape index (κ3) is 6.60. The van der Waals surface area contributed by atoms with Crippen LogP contribution in [0.3, 0.4) is 0 Å². The van der Waals surface area contributed by atoms with Crippen molar-refractivity contribution in [2.75, 3.05) is 59.2 Å². The van der Waals surface area contributed by atoms with Gasteiger partial charge in [-0.25, -0.2) is 0 Å². The minimum absolute atomic E-state index is 0.0884. The van der Waals surface area contributed by atoms with Crippen molar-refractivity contribution >= 4 is 17.7 Å². The van der Waals surface area contributed by atoms with Gasteiger partial charge in [0.05, 0.1) is 49.8 Å². The first-order valence-corrected chi connectivity index (χ1v) is 13.5. The predicted molar refractivity (Wildman–Crippen MR) is 134 cm³/mol. The third-order valence-electron chi connectivity index (χ3n) is 8.18. The normalized spacial score (nSPS) is 38.0. The van der Waals surface area contributed by atoms with E-state index < -0.39 is 35.7 Å². The van der Waals surface area contributed by atoms with Gasteiger partial charge in [0.2, 0.25) is 0 Å². The molecule has 0 amide bonds. The number of ketones is 1. The van der Waals surface area contributed by atoms with Crippen LogP contribution in [0.15, 0.2) is 11.6 Å². The molecular weight excluding hydrogens is 480 g/mol. The Balaban J connectivity index is 1.72. The molecule has 0 bridgehead atoms. The van der Waals surface area contributed by atoms with Crippen LogP contribution in [-0.4, -0.2) is 116 Å². The summed E-state index contributed by atoms with van der Waals surface area (Å²) in [5, 5.41) is 11.9. The van der Waals surface area contributed by atoms with Gasteiger partial charge in [0, 0.05) is 51.6 Å². The van der Waals surface area contributed by atoms with Gasteiger partial charge in [-0.1, -0.05) is 13.8 Å². The molecule has 1 N–H and O–H groups in total. The molecule has 2 unspecified atom stereocenters. The van der Waals surface area contributed by atoms with Crippen LogP contribution in [0.2, 0.25) is 0 Å². The summed E-state index contributed by atoms with van der Waals surface area (Å²) in [6, 6.07) is -0.486. The zero-order chi connectivity index (χ0) is 26.7.